The molecule has 88 valence electrons. The minimum Gasteiger partial charge on any atom is -0.870 e. The smallest absolute Gasteiger partial charge is 0.353 e. The first-order valence-electron chi connectivity index (χ1n) is 4.30. The average Bonchev–Trinajstić information content (AvgIpc) is 2.25. The van der Waals surface area contributed by atoms with Crippen LogP contribution in [0.4, 0.5) is 0 Å². The average molecular weight is 291 g/mol. The van der Waals surface area contributed by atoms with Crippen LogP contribution in [-0.2, 0) is 0 Å². The maximum absolute atomic E-state index is 11.8. The Morgan fingerprint density at radius 2 is 1.71 bits per heavy atom. The van der Waals surface area contributed by atoms with Gasteiger partial charge in [0.1, 0.15) is 10.8 Å². The molecule has 17 heavy (non-hydrogen) atoms. The molecule has 1 N–H and O–H groups in total. The van der Waals surface area contributed by atoms with Gasteiger partial charge in [-0.25, -0.2) is 9.78 Å². The minimum atomic E-state index is -1.44. The van der Waals surface area contributed by atoms with Crippen LogP contribution in [0.15, 0.2) is 12.1 Å². The first-order valence-corrected chi connectivity index (χ1v) is 5.43. The Morgan fingerprint density at radius 1 is 1.18 bits per heavy atom. The van der Waals surface area contributed by atoms with E-state index in [4.69, 9.17) is 39.9 Å². The Hall–Kier alpha value is -1.23. The standard InChI is InChI=1S/C10H4Cl3NO3/c11-5-1-3-4(2-6(5)12)9(13)14-7(8(3)15)10(16)17/h1-2,15H,(H,16,17)/p-1. The highest BCUT2D eigenvalue weighted by Crippen LogP contribution is 2.35. The van der Waals surface area contributed by atoms with Crippen molar-refractivity contribution in [1.29, 1.82) is 0 Å². The number of rotatable bonds is 1. The van der Waals surface area contributed by atoms with E-state index >= 15 is 0 Å². The van der Waals surface area contributed by atoms with Gasteiger partial charge in [-0.05, 0) is 17.5 Å². The number of carboxylic acids is 1. The van der Waals surface area contributed by atoms with E-state index in [9.17, 15) is 9.90 Å². The normalized spacial score (nSPS) is 10.8. The molecular formula is C10H3Cl3NO3-. The molecule has 0 amide bonds. The number of aromatic carboxylic acids is 1. The Morgan fingerprint density at radius 3 is 2.24 bits per heavy atom. The number of benzene rings is 1. The Labute approximate surface area is 110 Å². The second-order valence-corrected chi connectivity index (χ2v) is 4.37. The summed E-state index contributed by atoms with van der Waals surface area (Å²) in [5.41, 5.74) is -0.638. The zero-order valence-corrected chi connectivity index (χ0v) is 10.3. The van der Waals surface area contributed by atoms with E-state index < -0.39 is 17.4 Å². The molecule has 0 aliphatic rings. The molecule has 0 bridgehead atoms. The van der Waals surface area contributed by atoms with Crippen molar-refractivity contribution in [1.82, 2.24) is 4.98 Å². The Bertz CT molecular complexity index is 642. The van der Waals surface area contributed by atoms with Gasteiger partial charge in [0, 0.05) is 5.39 Å². The van der Waals surface area contributed by atoms with Crippen molar-refractivity contribution in [3.05, 3.63) is 33.0 Å². The number of carbonyl (C=O) groups is 1. The molecule has 7 heteroatoms. The van der Waals surface area contributed by atoms with E-state index in [-0.39, 0.29) is 26.0 Å². The maximum Gasteiger partial charge on any atom is 0.353 e. The Balaban J connectivity index is 2.94. The molecule has 1 aromatic carbocycles. The van der Waals surface area contributed by atoms with Crippen LogP contribution in [-0.4, -0.2) is 16.1 Å². The lowest BCUT2D eigenvalue weighted by Crippen LogP contribution is -2.07. The van der Waals surface area contributed by atoms with Gasteiger partial charge >= 0.3 is 5.97 Å². The molecule has 0 saturated heterocycles. The van der Waals surface area contributed by atoms with Crippen molar-refractivity contribution in [2.75, 3.05) is 0 Å². The van der Waals surface area contributed by atoms with Crippen LogP contribution in [0.5, 0.6) is 5.75 Å². The molecule has 4 nitrogen and oxygen atoms in total. The summed E-state index contributed by atoms with van der Waals surface area (Å²) in [5.74, 6) is -2.18. The molecule has 0 aliphatic heterocycles. The van der Waals surface area contributed by atoms with Gasteiger partial charge in [-0.3, -0.25) is 0 Å². The van der Waals surface area contributed by atoms with Gasteiger partial charge in [-0.15, -0.1) is 0 Å². The second kappa shape index (κ2) is 4.22. The van der Waals surface area contributed by atoms with Crippen LogP contribution < -0.4 is 5.11 Å². The zero-order valence-electron chi connectivity index (χ0n) is 8.00. The summed E-state index contributed by atoms with van der Waals surface area (Å²) in [6.45, 7) is 0. The van der Waals surface area contributed by atoms with Crippen LogP contribution in [0, 0.1) is 0 Å². The zero-order chi connectivity index (χ0) is 12.7. The van der Waals surface area contributed by atoms with E-state index in [1.54, 1.807) is 0 Å². The van der Waals surface area contributed by atoms with Crippen LogP contribution in [0.1, 0.15) is 10.5 Å². The summed E-state index contributed by atoms with van der Waals surface area (Å²) in [4.78, 5) is 14.3. The second-order valence-electron chi connectivity index (χ2n) is 3.20. The van der Waals surface area contributed by atoms with Gasteiger partial charge in [-0.2, -0.15) is 0 Å². The van der Waals surface area contributed by atoms with E-state index in [1.165, 1.54) is 12.1 Å². The van der Waals surface area contributed by atoms with Crippen molar-refractivity contribution in [3.8, 4) is 5.75 Å². The summed E-state index contributed by atoms with van der Waals surface area (Å²) < 4.78 is 0. The first-order chi connectivity index (χ1) is 7.91. The third-order valence-electron chi connectivity index (χ3n) is 2.15. The maximum atomic E-state index is 11.8. The summed E-state index contributed by atoms with van der Waals surface area (Å²) in [5, 5.41) is 21.2. The van der Waals surface area contributed by atoms with Crippen LogP contribution in [0.2, 0.25) is 15.2 Å². The van der Waals surface area contributed by atoms with Gasteiger partial charge in [0.25, 0.3) is 0 Å². The highest BCUT2D eigenvalue weighted by Gasteiger charge is 2.13. The van der Waals surface area contributed by atoms with E-state index in [1.807, 2.05) is 0 Å². The van der Waals surface area contributed by atoms with Crippen LogP contribution in [0.25, 0.3) is 10.8 Å². The van der Waals surface area contributed by atoms with Gasteiger partial charge in [-0.1, -0.05) is 40.6 Å². The van der Waals surface area contributed by atoms with Crippen molar-refractivity contribution in [2.24, 2.45) is 0 Å². The molecule has 0 spiro atoms. The quantitative estimate of drug-likeness (QED) is 0.820. The van der Waals surface area contributed by atoms with Gasteiger partial charge < -0.3 is 10.2 Å². The molecule has 0 radical (unpaired) electrons. The largest absolute Gasteiger partial charge is 0.870 e. The molecule has 2 aromatic rings. The van der Waals surface area contributed by atoms with E-state index in [0.29, 0.717) is 0 Å². The molecule has 0 fully saturated rings. The van der Waals surface area contributed by atoms with Gasteiger partial charge in [0.05, 0.1) is 10.0 Å². The molecule has 0 unspecified atom stereocenters. The minimum absolute atomic E-state index is 0.0804. The SMILES string of the molecule is O=C(O)c1nc(Cl)c2cc(Cl)c(Cl)cc2c1[O-]. The fourth-order valence-electron chi connectivity index (χ4n) is 1.39. The van der Waals surface area contributed by atoms with E-state index in [0.717, 1.165) is 0 Å². The molecule has 0 aliphatic carbocycles. The summed E-state index contributed by atoms with van der Waals surface area (Å²) in [6.07, 6.45) is 0. The first kappa shape index (κ1) is 12.2. The fourth-order valence-corrected chi connectivity index (χ4v) is 1.96. The number of hydrogen-bond acceptors (Lipinski definition) is 3. The van der Waals surface area contributed by atoms with Crippen molar-refractivity contribution >= 4 is 51.5 Å². The Kier molecular flexibility index (Phi) is 3.03. The summed E-state index contributed by atoms with van der Waals surface area (Å²) in [6, 6.07) is 2.66. The predicted molar refractivity (Wildman–Crippen MR) is 63.2 cm³/mol. The number of aromatic nitrogens is 1. The number of carboxylic acid groups (broad SMARTS) is 1. The molecular weight excluding hydrogens is 288 g/mol. The number of pyridine rings is 1. The van der Waals surface area contributed by atoms with Gasteiger partial charge in [0.2, 0.25) is 0 Å². The molecule has 2 rings (SSSR count). The third kappa shape index (κ3) is 1.99. The number of nitrogens with zero attached hydrogens (tertiary/aromatic N) is 1. The lowest BCUT2D eigenvalue weighted by Gasteiger charge is -2.15. The fraction of sp³-hybridized carbons (Fsp3) is 0. The van der Waals surface area contributed by atoms with Gasteiger partial charge in [0.15, 0.2) is 0 Å². The summed E-state index contributed by atoms with van der Waals surface area (Å²) in [7, 11) is 0. The van der Waals surface area contributed by atoms with Crippen molar-refractivity contribution < 1.29 is 15.0 Å². The molecule has 0 saturated carbocycles. The number of fused-ring (bicyclic) bond motifs is 1. The van der Waals surface area contributed by atoms with Crippen LogP contribution >= 0.6 is 34.8 Å². The lowest BCUT2D eigenvalue weighted by atomic mass is 10.1. The van der Waals surface area contributed by atoms with E-state index in [2.05, 4.69) is 4.98 Å². The summed E-state index contributed by atoms with van der Waals surface area (Å²) >= 11 is 17.3. The highest BCUT2D eigenvalue weighted by molar-refractivity contribution is 6.43. The lowest BCUT2D eigenvalue weighted by molar-refractivity contribution is -0.266. The van der Waals surface area contributed by atoms with Crippen molar-refractivity contribution in [3.63, 3.8) is 0 Å². The predicted octanol–water partition coefficient (Wildman–Crippen LogP) is 2.97. The van der Waals surface area contributed by atoms with Crippen molar-refractivity contribution in [2.45, 2.75) is 0 Å². The molecule has 1 aromatic heterocycles. The highest BCUT2D eigenvalue weighted by atomic mass is 35.5. The monoisotopic (exact) mass is 290 g/mol. The molecule has 0 atom stereocenters. The number of halogens is 3. The number of hydrogen-bond donors (Lipinski definition) is 1. The third-order valence-corrected chi connectivity index (χ3v) is 3.17. The topological polar surface area (TPSA) is 73.2 Å². The van der Waals surface area contributed by atoms with Crippen LogP contribution in [0.3, 0.4) is 0 Å². The molecule has 1 heterocycles.